The Morgan fingerprint density at radius 3 is 2.48 bits per heavy atom. The Labute approximate surface area is 134 Å². The molecule has 2 rings (SSSR count). The minimum Gasteiger partial charge on any atom is -0.497 e. The topological polar surface area (TPSA) is 44.5 Å². The summed E-state index contributed by atoms with van der Waals surface area (Å²) in [7, 11) is 1.67. The van der Waals surface area contributed by atoms with Crippen LogP contribution in [0.1, 0.15) is 24.1 Å². The van der Waals surface area contributed by atoms with Crippen LogP contribution in [0.2, 0.25) is 0 Å². The fourth-order valence-corrected chi connectivity index (χ4v) is 2.46. The van der Waals surface area contributed by atoms with Gasteiger partial charge in [-0.05, 0) is 42.8 Å². The molecule has 0 aromatic heterocycles. The van der Waals surface area contributed by atoms with Gasteiger partial charge in [-0.1, -0.05) is 28.1 Å². The smallest absolute Gasteiger partial charge is 0.124 e. The monoisotopic (exact) mass is 349 g/mol. The second kappa shape index (κ2) is 7.48. The molecule has 21 heavy (non-hydrogen) atoms. The van der Waals surface area contributed by atoms with E-state index in [9.17, 15) is 0 Å². The highest BCUT2D eigenvalue weighted by Gasteiger charge is 2.08. The van der Waals surface area contributed by atoms with Crippen LogP contribution < -0.4 is 15.2 Å². The van der Waals surface area contributed by atoms with E-state index in [0.717, 1.165) is 28.0 Å². The van der Waals surface area contributed by atoms with Gasteiger partial charge < -0.3 is 15.2 Å². The summed E-state index contributed by atoms with van der Waals surface area (Å²) in [5.74, 6) is 1.72. The maximum absolute atomic E-state index is 5.98. The fourth-order valence-electron chi connectivity index (χ4n) is 2.08. The average Bonchev–Trinajstić information content (AvgIpc) is 2.49. The highest BCUT2D eigenvalue weighted by Crippen LogP contribution is 2.27. The van der Waals surface area contributed by atoms with Crippen LogP contribution in [0.4, 0.5) is 0 Å². The maximum Gasteiger partial charge on any atom is 0.124 e. The van der Waals surface area contributed by atoms with Gasteiger partial charge in [0.15, 0.2) is 0 Å². The first-order valence-electron chi connectivity index (χ1n) is 6.91. The molecule has 0 aliphatic carbocycles. The number of hydrogen-bond donors (Lipinski definition) is 1. The lowest BCUT2D eigenvalue weighted by molar-refractivity contribution is 0.317. The van der Waals surface area contributed by atoms with Crippen LogP contribution in [0, 0.1) is 0 Å². The molecule has 2 aromatic carbocycles. The summed E-state index contributed by atoms with van der Waals surface area (Å²) < 4.78 is 12.0. The number of halogens is 1. The first-order chi connectivity index (χ1) is 10.1. The number of rotatable bonds is 6. The lowest BCUT2D eigenvalue weighted by Crippen LogP contribution is -2.09. The molecule has 0 aliphatic heterocycles. The van der Waals surface area contributed by atoms with Crippen molar-refractivity contribution in [1.29, 1.82) is 0 Å². The summed E-state index contributed by atoms with van der Waals surface area (Å²) in [4.78, 5) is 0. The number of hydrogen-bond acceptors (Lipinski definition) is 3. The molecule has 0 aliphatic rings. The van der Waals surface area contributed by atoms with E-state index in [1.807, 2.05) is 37.3 Å². The lowest BCUT2D eigenvalue weighted by Gasteiger charge is -2.14. The zero-order valence-corrected chi connectivity index (χ0v) is 13.9. The summed E-state index contributed by atoms with van der Waals surface area (Å²) in [6.07, 6.45) is 0.846. The maximum atomic E-state index is 5.98. The molecule has 1 atom stereocenters. The molecule has 0 radical (unpaired) electrons. The van der Waals surface area contributed by atoms with Gasteiger partial charge in [-0.15, -0.1) is 0 Å². The molecule has 112 valence electrons. The van der Waals surface area contributed by atoms with E-state index in [4.69, 9.17) is 15.2 Å². The normalized spacial score (nSPS) is 12.0. The largest absolute Gasteiger partial charge is 0.497 e. The van der Waals surface area contributed by atoms with Crippen LogP contribution in [-0.2, 0) is 6.42 Å². The Bertz CT molecular complexity index is 582. The van der Waals surface area contributed by atoms with Gasteiger partial charge in [0.2, 0.25) is 0 Å². The molecule has 0 spiro atoms. The average molecular weight is 350 g/mol. The van der Waals surface area contributed by atoms with Crippen LogP contribution in [0.25, 0.3) is 0 Å². The van der Waals surface area contributed by atoms with Gasteiger partial charge in [-0.25, -0.2) is 0 Å². The standard InChI is InChI=1S/C17H20BrNO2/c1-12(19)16-11-14(18)5-8-17(16)21-10-9-13-3-6-15(20-2)7-4-13/h3-8,11-12H,9-10,19H2,1-2H3/t12-/m1/s1. The summed E-state index contributed by atoms with van der Waals surface area (Å²) in [5.41, 5.74) is 8.21. The van der Waals surface area contributed by atoms with Gasteiger partial charge in [0, 0.05) is 22.5 Å². The minimum atomic E-state index is -0.0570. The number of benzene rings is 2. The first kappa shape index (κ1) is 15.9. The van der Waals surface area contributed by atoms with Gasteiger partial charge in [-0.2, -0.15) is 0 Å². The minimum absolute atomic E-state index is 0.0570. The highest BCUT2D eigenvalue weighted by atomic mass is 79.9. The predicted octanol–water partition coefficient (Wildman–Crippen LogP) is 4.10. The van der Waals surface area contributed by atoms with Crippen molar-refractivity contribution in [1.82, 2.24) is 0 Å². The second-order valence-electron chi connectivity index (χ2n) is 4.92. The van der Waals surface area contributed by atoms with Crippen molar-refractivity contribution in [3.63, 3.8) is 0 Å². The van der Waals surface area contributed by atoms with E-state index in [-0.39, 0.29) is 6.04 Å². The third-order valence-electron chi connectivity index (χ3n) is 3.27. The molecule has 0 unspecified atom stereocenters. The number of ether oxygens (including phenoxy) is 2. The Morgan fingerprint density at radius 1 is 1.14 bits per heavy atom. The number of nitrogens with two attached hydrogens (primary N) is 1. The zero-order chi connectivity index (χ0) is 15.2. The molecule has 0 amide bonds. The van der Waals surface area contributed by atoms with Gasteiger partial charge in [0.05, 0.1) is 13.7 Å². The van der Waals surface area contributed by atoms with Crippen LogP contribution in [0.3, 0.4) is 0 Å². The van der Waals surface area contributed by atoms with Gasteiger partial charge in [0.1, 0.15) is 11.5 Å². The van der Waals surface area contributed by atoms with Crippen LogP contribution in [-0.4, -0.2) is 13.7 Å². The third-order valence-corrected chi connectivity index (χ3v) is 3.76. The van der Waals surface area contributed by atoms with Crippen molar-refractivity contribution >= 4 is 15.9 Å². The first-order valence-corrected chi connectivity index (χ1v) is 7.70. The van der Waals surface area contributed by atoms with E-state index in [2.05, 4.69) is 28.1 Å². The fraction of sp³-hybridized carbons (Fsp3) is 0.294. The summed E-state index contributed by atoms with van der Waals surface area (Å²) in [5, 5.41) is 0. The quantitative estimate of drug-likeness (QED) is 0.853. The zero-order valence-electron chi connectivity index (χ0n) is 12.3. The molecular formula is C17H20BrNO2. The Balaban J connectivity index is 1.96. The molecule has 0 heterocycles. The Morgan fingerprint density at radius 2 is 1.86 bits per heavy atom. The van der Waals surface area contributed by atoms with Gasteiger partial charge >= 0.3 is 0 Å². The molecule has 2 N–H and O–H groups in total. The molecule has 0 fully saturated rings. The van der Waals surface area contributed by atoms with Gasteiger partial charge in [-0.3, -0.25) is 0 Å². The molecule has 0 saturated heterocycles. The Kier molecular flexibility index (Phi) is 5.65. The molecule has 0 saturated carbocycles. The summed E-state index contributed by atoms with van der Waals surface area (Å²) >= 11 is 3.46. The van der Waals surface area contributed by atoms with Gasteiger partial charge in [0.25, 0.3) is 0 Å². The summed E-state index contributed by atoms with van der Waals surface area (Å²) in [6.45, 7) is 2.58. The molecule has 3 nitrogen and oxygen atoms in total. The van der Waals surface area contributed by atoms with Crippen molar-refractivity contribution < 1.29 is 9.47 Å². The number of methoxy groups -OCH3 is 1. The molecule has 0 bridgehead atoms. The van der Waals surface area contributed by atoms with E-state index in [1.165, 1.54) is 5.56 Å². The van der Waals surface area contributed by atoms with Crippen molar-refractivity contribution in [2.75, 3.05) is 13.7 Å². The third kappa shape index (κ3) is 4.48. The van der Waals surface area contributed by atoms with Crippen molar-refractivity contribution in [2.45, 2.75) is 19.4 Å². The van der Waals surface area contributed by atoms with Crippen molar-refractivity contribution in [3.8, 4) is 11.5 Å². The second-order valence-corrected chi connectivity index (χ2v) is 5.83. The highest BCUT2D eigenvalue weighted by molar-refractivity contribution is 9.10. The van der Waals surface area contributed by atoms with E-state index in [0.29, 0.717) is 6.61 Å². The van der Waals surface area contributed by atoms with Crippen molar-refractivity contribution in [3.05, 3.63) is 58.1 Å². The molecule has 2 aromatic rings. The van der Waals surface area contributed by atoms with Crippen LogP contribution in [0.15, 0.2) is 46.9 Å². The SMILES string of the molecule is COc1ccc(CCOc2ccc(Br)cc2[C@@H](C)N)cc1. The predicted molar refractivity (Wildman–Crippen MR) is 88.9 cm³/mol. The van der Waals surface area contributed by atoms with E-state index >= 15 is 0 Å². The van der Waals surface area contributed by atoms with E-state index < -0.39 is 0 Å². The Hall–Kier alpha value is -1.52. The molecular weight excluding hydrogens is 330 g/mol. The lowest BCUT2D eigenvalue weighted by atomic mass is 10.1. The van der Waals surface area contributed by atoms with Crippen molar-refractivity contribution in [2.24, 2.45) is 5.73 Å². The summed E-state index contributed by atoms with van der Waals surface area (Å²) in [6, 6.07) is 13.9. The van der Waals surface area contributed by atoms with Crippen LogP contribution in [0.5, 0.6) is 11.5 Å². The molecule has 4 heteroatoms. The van der Waals surface area contributed by atoms with Crippen LogP contribution >= 0.6 is 15.9 Å². The van der Waals surface area contributed by atoms with E-state index in [1.54, 1.807) is 7.11 Å².